The number of halogens is 1. The van der Waals surface area contributed by atoms with Gasteiger partial charge in [-0.1, -0.05) is 0 Å². The first-order chi connectivity index (χ1) is 6.93. The van der Waals surface area contributed by atoms with Crippen LogP contribution >= 0.6 is 10.7 Å². The van der Waals surface area contributed by atoms with Crippen LogP contribution in [-0.4, -0.2) is 23.1 Å². The lowest BCUT2D eigenvalue weighted by Crippen LogP contribution is -2.22. The van der Waals surface area contributed by atoms with E-state index in [1.165, 1.54) is 0 Å². The van der Waals surface area contributed by atoms with E-state index in [4.69, 9.17) is 10.7 Å². The van der Waals surface area contributed by atoms with E-state index in [-0.39, 0.29) is 0 Å². The first-order valence-electron chi connectivity index (χ1n) is 4.65. The van der Waals surface area contributed by atoms with Gasteiger partial charge in [0.15, 0.2) is 0 Å². The van der Waals surface area contributed by atoms with Crippen molar-refractivity contribution in [3.63, 3.8) is 0 Å². The molecule has 0 spiro atoms. The number of aryl methyl sites for hydroxylation is 1. The van der Waals surface area contributed by atoms with Crippen LogP contribution in [0.4, 0.5) is 0 Å². The molecule has 15 heavy (non-hydrogen) atoms. The highest BCUT2D eigenvalue weighted by Crippen LogP contribution is 2.47. The standard InChI is InChI=1S/C9H11ClN2O2S/c1-7-5-11-8(12-6-7)4-9(2-3-9)15(10,13)14/h5-6H,2-4H2,1H3. The molecular formula is C9H11ClN2O2S. The zero-order valence-corrected chi connectivity index (χ0v) is 9.85. The number of aromatic nitrogens is 2. The Labute approximate surface area is 93.1 Å². The summed E-state index contributed by atoms with van der Waals surface area (Å²) in [5.41, 5.74) is 0.956. The molecule has 0 N–H and O–H groups in total. The van der Waals surface area contributed by atoms with Gasteiger partial charge in [0.25, 0.3) is 0 Å². The minimum Gasteiger partial charge on any atom is -0.241 e. The van der Waals surface area contributed by atoms with E-state index in [1.807, 2.05) is 6.92 Å². The normalized spacial score (nSPS) is 18.8. The second kappa shape index (κ2) is 3.42. The molecular weight excluding hydrogens is 236 g/mol. The molecule has 1 aliphatic carbocycles. The molecule has 82 valence electrons. The quantitative estimate of drug-likeness (QED) is 0.757. The van der Waals surface area contributed by atoms with E-state index in [2.05, 4.69) is 9.97 Å². The van der Waals surface area contributed by atoms with Gasteiger partial charge in [0.2, 0.25) is 9.05 Å². The third-order valence-electron chi connectivity index (χ3n) is 2.64. The molecule has 0 atom stereocenters. The molecule has 0 amide bonds. The summed E-state index contributed by atoms with van der Waals surface area (Å²) in [6.45, 7) is 1.88. The van der Waals surface area contributed by atoms with Crippen LogP contribution in [0.3, 0.4) is 0 Å². The van der Waals surface area contributed by atoms with Crippen molar-refractivity contribution in [1.82, 2.24) is 9.97 Å². The lowest BCUT2D eigenvalue weighted by atomic mass is 10.2. The molecule has 4 nitrogen and oxygen atoms in total. The van der Waals surface area contributed by atoms with Gasteiger partial charge in [-0.05, 0) is 25.3 Å². The van der Waals surface area contributed by atoms with Crippen LogP contribution in [0, 0.1) is 6.92 Å². The van der Waals surface area contributed by atoms with Gasteiger partial charge in [-0.2, -0.15) is 0 Å². The molecule has 2 rings (SSSR count). The van der Waals surface area contributed by atoms with E-state index in [9.17, 15) is 8.42 Å². The molecule has 0 aromatic carbocycles. The summed E-state index contributed by atoms with van der Waals surface area (Å²) in [7, 11) is 1.88. The Morgan fingerprint density at radius 1 is 1.40 bits per heavy atom. The summed E-state index contributed by atoms with van der Waals surface area (Å²) in [5, 5.41) is 0. The second-order valence-electron chi connectivity index (χ2n) is 3.97. The van der Waals surface area contributed by atoms with Crippen LogP contribution in [-0.2, 0) is 15.5 Å². The lowest BCUT2D eigenvalue weighted by molar-refractivity contribution is 0.587. The molecule has 1 fully saturated rings. The fraction of sp³-hybridized carbons (Fsp3) is 0.556. The molecule has 0 radical (unpaired) electrons. The van der Waals surface area contributed by atoms with Crippen LogP contribution in [0.1, 0.15) is 24.2 Å². The molecule has 1 saturated carbocycles. The topological polar surface area (TPSA) is 59.9 Å². The van der Waals surface area contributed by atoms with Crippen molar-refractivity contribution in [2.45, 2.75) is 30.9 Å². The van der Waals surface area contributed by atoms with Crippen LogP contribution < -0.4 is 0 Å². The van der Waals surface area contributed by atoms with Crippen molar-refractivity contribution < 1.29 is 8.42 Å². The molecule has 6 heteroatoms. The Balaban J connectivity index is 2.20. The van der Waals surface area contributed by atoms with Crippen molar-refractivity contribution in [1.29, 1.82) is 0 Å². The lowest BCUT2D eigenvalue weighted by Gasteiger charge is -2.09. The Morgan fingerprint density at radius 3 is 2.33 bits per heavy atom. The summed E-state index contributed by atoms with van der Waals surface area (Å²) in [4.78, 5) is 8.17. The molecule has 0 bridgehead atoms. The van der Waals surface area contributed by atoms with Crippen molar-refractivity contribution in [3.8, 4) is 0 Å². The highest BCUT2D eigenvalue weighted by molar-refractivity contribution is 8.15. The van der Waals surface area contributed by atoms with E-state index in [0.29, 0.717) is 25.1 Å². The maximum Gasteiger partial charge on any atom is 0.238 e. The van der Waals surface area contributed by atoms with Crippen LogP contribution in [0.25, 0.3) is 0 Å². The fourth-order valence-corrected chi connectivity index (χ4v) is 2.96. The van der Waals surface area contributed by atoms with Gasteiger partial charge in [-0.3, -0.25) is 0 Å². The summed E-state index contributed by atoms with van der Waals surface area (Å²) >= 11 is 0. The van der Waals surface area contributed by atoms with E-state index < -0.39 is 13.8 Å². The van der Waals surface area contributed by atoms with Gasteiger partial charge < -0.3 is 0 Å². The predicted molar refractivity (Wildman–Crippen MR) is 57.2 cm³/mol. The zero-order chi connectivity index (χ0) is 11.1. The molecule has 1 aromatic heterocycles. The Bertz CT molecular complexity index is 465. The third kappa shape index (κ3) is 2.13. The van der Waals surface area contributed by atoms with Gasteiger partial charge in [0, 0.05) is 29.5 Å². The first kappa shape index (κ1) is 10.8. The molecule has 0 saturated heterocycles. The van der Waals surface area contributed by atoms with Gasteiger partial charge >= 0.3 is 0 Å². The van der Waals surface area contributed by atoms with E-state index in [1.54, 1.807) is 12.4 Å². The SMILES string of the molecule is Cc1cnc(CC2(S(=O)(=O)Cl)CC2)nc1. The van der Waals surface area contributed by atoms with Crippen LogP contribution in [0.15, 0.2) is 12.4 Å². The van der Waals surface area contributed by atoms with Crippen LogP contribution in [0.5, 0.6) is 0 Å². The minimum absolute atomic E-state index is 0.319. The highest BCUT2D eigenvalue weighted by Gasteiger charge is 2.54. The number of rotatable bonds is 3. The molecule has 1 aliphatic rings. The number of hydrogen-bond donors (Lipinski definition) is 0. The van der Waals surface area contributed by atoms with Gasteiger partial charge in [0.1, 0.15) is 5.82 Å². The third-order valence-corrected chi connectivity index (χ3v) is 5.21. The molecule has 1 aromatic rings. The highest BCUT2D eigenvalue weighted by atomic mass is 35.7. The smallest absolute Gasteiger partial charge is 0.238 e. The maximum absolute atomic E-state index is 11.3. The van der Waals surface area contributed by atoms with Crippen molar-refractivity contribution in [3.05, 3.63) is 23.8 Å². The average Bonchev–Trinajstić information content (AvgIpc) is 2.89. The predicted octanol–water partition coefficient (Wildman–Crippen LogP) is 1.43. The van der Waals surface area contributed by atoms with Crippen molar-refractivity contribution >= 4 is 19.7 Å². The Hall–Kier alpha value is -0.680. The summed E-state index contributed by atoms with van der Waals surface area (Å²) < 4.78 is 21.8. The van der Waals surface area contributed by atoms with Crippen LogP contribution in [0.2, 0.25) is 0 Å². The van der Waals surface area contributed by atoms with Crippen molar-refractivity contribution in [2.24, 2.45) is 0 Å². The minimum atomic E-state index is -3.51. The van der Waals surface area contributed by atoms with E-state index >= 15 is 0 Å². The van der Waals surface area contributed by atoms with Gasteiger partial charge in [-0.25, -0.2) is 18.4 Å². The Morgan fingerprint density at radius 2 is 1.93 bits per heavy atom. The fourth-order valence-electron chi connectivity index (χ4n) is 1.44. The first-order valence-corrected chi connectivity index (χ1v) is 6.96. The average molecular weight is 247 g/mol. The Kier molecular flexibility index (Phi) is 2.47. The van der Waals surface area contributed by atoms with Gasteiger partial charge in [-0.15, -0.1) is 0 Å². The number of nitrogens with zero attached hydrogens (tertiary/aromatic N) is 2. The molecule has 1 heterocycles. The summed E-state index contributed by atoms with van der Waals surface area (Å²) in [5.74, 6) is 0.544. The molecule has 0 unspecified atom stereocenters. The summed E-state index contributed by atoms with van der Waals surface area (Å²) in [6, 6.07) is 0. The van der Waals surface area contributed by atoms with E-state index in [0.717, 1.165) is 5.56 Å². The largest absolute Gasteiger partial charge is 0.241 e. The number of hydrogen-bond acceptors (Lipinski definition) is 4. The summed E-state index contributed by atoms with van der Waals surface area (Å²) in [6.07, 6.45) is 4.89. The second-order valence-corrected chi connectivity index (χ2v) is 6.93. The maximum atomic E-state index is 11.3. The monoisotopic (exact) mass is 246 g/mol. The zero-order valence-electron chi connectivity index (χ0n) is 8.27. The van der Waals surface area contributed by atoms with Gasteiger partial charge in [0.05, 0.1) is 4.75 Å². The molecule has 0 aliphatic heterocycles. The van der Waals surface area contributed by atoms with Crippen molar-refractivity contribution in [2.75, 3.05) is 0 Å².